The zero-order valence-electron chi connectivity index (χ0n) is 16.2. The quantitative estimate of drug-likeness (QED) is 0.483. The molecule has 8 heteroatoms. The maximum absolute atomic E-state index is 14.3. The van der Waals surface area contributed by atoms with Gasteiger partial charge in [0.05, 0.1) is 11.4 Å². The van der Waals surface area contributed by atoms with E-state index in [1.807, 2.05) is 6.08 Å². The number of hydrogen-bond donors (Lipinski definition) is 1. The molecule has 2 rings (SSSR count). The van der Waals surface area contributed by atoms with Crippen LogP contribution in [0, 0.1) is 11.6 Å². The topological polar surface area (TPSA) is 64.6 Å². The van der Waals surface area contributed by atoms with E-state index in [2.05, 4.69) is 4.72 Å². The van der Waals surface area contributed by atoms with Crippen LogP contribution in [-0.4, -0.2) is 23.3 Å². The van der Waals surface area contributed by atoms with Crippen molar-refractivity contribution in [2.24, 2.45) is 0 Å². The average Bonchev–Trinajstić information content (AvgIpc) is 2.65. The molecule has 1 unspecified atom stereocenters. The van der Waals surface area contributed by atoms with Crippen molar-refractivity contribution >= 4 is 29.6 Å². The first-order chi connectivity index (χ1) is 13.3. The van der Waals surface area contributed by atoms with E-state index in [-0.39, 0.29) is 35.6 Å². The lowest BCUT2D eigenvalue weighted by Crippen LogP contribution is -2.24. The SMILES string of the molecule is CCC(=O)OCc1cc(F)c(NSC2CCCC=C2C(=O)OC(C)C)c(F)c1. The van der Waals surface area contributed by atoms with Crippen molar-refractivity contribution in [3.63, 3.8) is 0 Å². The molecule has 1 atom stereocenters. The minimum absolute atomic E-state index is 0.190. The Morgan fingerprint density at radius 3 is 2.57 bits per heavy atom. The Bertz CT molecular complexity index is 729. The van der Waals surface area contributed by atoms with E-state index in [0.29, 0.717) is 12.0 Å². The number of anilines is 1. The van der Waals surface area contributed by atoms with E-state index in [4.69, 9.17) is 9.47 Å². The molecule has 1 aromatic rings. The van der Waals surface area contributed by atoms with E-state index in [9.17, 15) is 18.4 Å². The second kappa shape index (κ2) is 10.5. The normalized spacial score (nSPS) is 16.5. The van der Waals surface area contributed by atoms with Crippen LogP contribution in [0.25, 0.3) is 0 Å². The molecule has 154 valence electrons. The van der Waals surface area contributed by atoms with Crippen LogP contribution in [0.3, 0.4) is 0 Å². The molecule has 0 saturated heterocycles. The van der Waals surface area contributed by atoms with Gasteiger partial charge >= 0.3 is 11.9 Å². The fourth-order valence-corrected chi connectivity index (χ4v) is 3.73. The van der Waals surface area contributed by atoms with Crippen LogP contribution >= 0.6 is 11.9 Å². The van der Waals surface area contributed by atoms with Crippen molar-refractivity contribution in [2.45, 2.75) is 64.4 Å². The highest BCUT2D eigenvalue weighted by Crippen LogP contribution is 2.33. The third-order valence-corrected chi connectivity index (χ3v) is 5.15. The number of ether oxygens (including phenoxy) is 2. The number of hydrogen-bond acceptors (Lipinski definition) is 6. The lowest BCUT2D eigenvalue weighted by atomic mass is 9.99. The van der Waals surface area contributed by atoms with Gasteiger partial charge in [0.1, 0.15) is 12.3 Å². The number of benzene rings is 1. The van der Waals surface area contributed by atoms with Gasteiger partial charge in [-0.25, -0.2) is 13.6 Å². The van der Waals surface area contributed by atoms with Crippen LogP contribution in [-0.2, 0) is 25.7 Å². The van der Waals surface area contributed by atoms with Crippen LogP contribution in [0.5, 0.6) is 0 Å². The Balaban J connectivity index is 2.04. The third kappa shape index (κ3) is 6.22. The Morgan fingerprint density at radius 1 is 1.29 bits per heavy atom. The van der Waals surface area contributed by atoms with E-state index in [1.54, 1.807) is 20.8 Å². The van der Waals surface area contributed by atoms with E-state index < -0.39 is 23.6 Å². The van der Waals surface area contributed by atoms with Crippen molar-refractivity contribution in [1.29, 1.82) is 0 Å². The molecule has 1 aliphatic rings. The van der Waals surface area contributed by atoms with Crippen LogP contribution in [0.1, 0.15) is 52.0 Å². The molecule has 1 aromatic carbocycles. The number of carbonyl (C=O) groups excluding carboxylic acids is 2. The summed E-state index contributed by atoms with van der Waals surface area (Å²) in [4.78, 5) is 23.4. The first-order valence-corrected chi connectivity index (χ1v) is 10.2. The Hall–Kier alpha value is -2.09. The smallest absolute Gasteiger partial charge is 0.335 e. The minimum atomic E-state index is -0.791. The molecular weight excluding hydrogens is 388 g/mol. The number of rotatable bonds is 8. The molecule has 28 heavy (non-hydrogen) atoms. The summed E-state index contributed by atoms with van der Waals surface area (Å²) in [7, 11) is 0. The van der Waals surface area contributed by atoms with Crippen LogP contribution < -0.4 is 4.72 Å². The monoisotopic (exact) mass is 413 g/mol. The third-order valence-electron chi connectivity index (χ3n) is 4.05. The average molecular weight is 413 g/mol. The highest BCUT2D eigenvalue weighted by atomic mass is 32.2. The van der Waals surface area contributed by atoms with Gasteiger partial charge in [0.2, 0.25) is 0 Å². The van der Waals surface area contributed by atoms with Crippen LogP contribution in [0.4, 0.5) is 14.5 Å². The molecule has 0 aromatic heterocycles. The van der Waals surface area contributed by atoms with Crippen LogP contribution in [0.2, 0.25) is 0 Å². The van der Waals surface area contributed by atoms with E-state index in [1.165, 1.54) is 0 Å². The van der Waals surface area contributed by atoms with Gasteiger partial charge in [0.15, 0.2) is 11.6 Å². The fraction of sp³-hybridized carbons (Fsp3) is 0.500. The summed E-state index contributed by atoms with van der Waals surface area (Å²) < 4.78 is 41.5. The molecule has 0 saturated carbocycles. The Labute approximate surface area is 168 Å². The van der Waals surface area contributed by atoms with Gasteiger partial charge in [0, 0.05) is 12.0 Å². The molecule has 0 heterocycles. The summed E-state index contributed by atoms with van der Waals surface area (Å²) in [6.07, 6.45) is 4.13. The fourth-order valence-electron chi connectivity index (χ4n) is 2.67. The molecule has 0 bridgehead atoms. The molecule has 0 radical (unpaired) electrons. The maximum Gasteiger partial charge on any atom is 0.335 e. The first kappa shape index (κ1) is 22.2. The molecule has 0 aliphatic heterocycles. The summed E-state index contributed by atoms with van der Waals surface area (Å²) >= 11 is 1.09. The number of allylic oxidation sites excluding steroid dienone is 1. The number of nitrogens with one attached hydrogen (secondary N) is 1. The summed E-state index contributed by atoms with van der Waals surface area (Å²) in [6, 6.07) is 2.25. The van der Waals surface area contributed by atoms with Gasteiger partial charge in [-0.05, 0) is 62.8 Å². The molecule has 1 N–H and O–H groups in total. The zero-order valence-corrected chi connectivity index (χ0v) is 17.0. The Kier molecular flexibility index (Phi) is 8.29. The summed E-state index contributed by atoms with van der Waals surface area (Å²) in [5, 5.41) is -0.260. The number of carbonyl (C=O) groups is 2. The lowest BCUT2D eigenvalue weighted by Gasteiger charge is -2.24. The highest BCUT2D eigenvalue weighted by molar-refractivity contribution is 8.01. The standard InChI is InChI=1S/C20H25F2NO4S/c1-4-18(24)26-11-13-9-15(21)19(16(22)10-13)23-28-17-8-6-5-7-14(17)20(25)27-12(2)3/h7,9-10,12,17,23H,4-6,8,11H2,1-3H3. The summed E-state index contributed by atoms with van der Waals surface area (Å²) in [5.74, 6) is -2.42. The summed E-state index contributed by atoms with van der Waals surface area (Å²) in [6.45, 7) is 4.99. The first-order valence-electron chi connectivity index (χ1n) is 9.28. The molecule has 0 fully saturated rings. The van der Waals surface area contributed by atoms with Crippen molar-refractivity contribution in [1.82, 2.24) is 0 Å². The van der Waals surface area contributed by atoms with Gasteiger partial charge in [-0.3, -0.25) is 4.79 Å². The molecule has 0 amide bonds. The van der Waals surface area contributed by atoms with Crippen molar-refractivity contribution in [3.8, 4) is 0 Å². The second-order valence-electron chi connectivity index (χ2n) is 6.70. The van der Waals surface area contributed by atoms with Gasteiger partial charge in [-0.1, -0.05) is 13.0 Å². The molecule has 1 aliphatic carbocycles. The molecular formula is C20H25F2NO4S. The predicted octanol–water partition coefficient (Wildman–Crippen LogP) is 4.91. The van der Waals surface area contributed by atoms with Gasteiger partial charge in [-0.15, -0.1) is 0 Å². The van der Waals surface area contributed by atoms with Crippen molar-refractivity contribution < 1.29 is 27.8 Å². The summed E-state index contributed by atoms with van der Waals surface area (Å²) in [5.41, 5.74) is 0.449. The van der Waals surface area contributed by atoms with Crippen molar-refractivity contribution in [2.75, 3.05) is 4.72 Å². The second-order valence-corrected chi connectivity index (χ2v) is 7.71. The zero-order chi connectivity index (χ0) is 20.7. The largest absolute Gasteiger partial charge is 0.461 e. The van der Waals surface area contributed by atoms with Gasteiger partial charge < -0.3 is 14.2 Å². The van der Waals surface area contributed by atoms with Crippen molar-refractivity contribution in [3.05, 3.63) is 41.0 Å². The van der Waals surface area contributed by atoms with Gasteiger partial charge in [0.25, 0.3) is 0 Å². The number of esters is 2. The lowest BCUT2D eigenvalue weighted by molar-refractivity contribution is -0.144. The molecule has 5 nitrogen and oxygen atoms in total. The van der Waals surface area contributed by atoms with E-state index in [0.717, 1.165) is 36.9 Å². The number of halogens is 2. The van der Waals surface area contributed by atoms with Gasteiger partial charge in [-0.2, -0.15) is 0 Å². The van der Waals surface area contributed by atoms with E-state index >= 15 is 0 Å². The highest BCUT2D eigenvalue weighted by Gasteiger charge is 2.27. The molecule has 0 spiro atoms. The predicted molar refractivity (Wildman–Crippen MR) is 105 cm³/mol. The Morgan fingerprint density at radius 2 is 1.96 bits per heavy atom. The minimum Gasteiger partial charge on any atom is -0.461 e. The maximum atomic E-state index is 14.3. The van der Waals surface area contributed by atoms with Crippen LogP contribution in [0.15, 0.2) is 23.8 Å².